The van der Waals surface area contributed by atoms with Crippen LogP contribution in [0.2, 0.25) is 0 Å². The maximum atomic E-state index is 14.5. The Bertz CT molecular complexity index is 871. The Morgan fingerprint density at radius 1 is 1.23 bits per heavy atom. The number of carbonyl (C=O) groups is 2. The Balaban J connectivity index is 1.63. The Labute approximate surface area is 154 Å². The van der Waals surface area contributed by atoms with Crippen LogP contribution in [0, 0.1) is 11.6 Å². The first-order valence-corrected chi connectivity index (χ1v) is 9.18. The van der Waals surface area contributed by atoms with Crippen LogP contribution in [0.1, 0.15) is 28.4 Å². The first-order chi connectivity index (χ1) is 12.5. The lowest BCUT2D eigenvalue weighted by molar-refractivity contribution is -0.113. The maximum Gasteiger partial charge on any atom is 0.234 e. The highest BCUT2D eigenvalue weighted by Crippen LogP contribution is 2.25. The highest BCUT2D eigenvalue weighted by molar-refractivity contribution is 8.00. The van der Waals surface area contributed by atoms with E-state index in [1.807, 2.05) is 6.07 Å². The number of halogens is 2. The van der Waals surface area contributed by atoms with Crippen LogP contribution in [0.4, 0.5) is 14.5 Å². The van der Waals surface area contributed by atoms with Crippen molar-refractivity contribution in [2.45, 2.75) is 24.8 Å². The zero-order valence-electron chi connectivity index (χ0n) is 14.2. The molecule has 0 bridgehead atoms. The number of carbonyl (C=O) groups excluding carboxylic acids is 2. The molecule has 26 heavy (non-hydrogen) atoms. The van der Waals surface area contributed by atoms with Crippen LogP contribution in [-0.2, 0) is 17.8 Å². The SMILES string of the molecule is CC(=O)c1ccc(SCC(=O)Nc2ccc3c(c2F)CCNC3)cc1F. The molecule has 0 saturated carbocycles. The average molecular weight is 376 g/mol. The second kappa shape index (κ2) is 7.97. The van der Waals surface area contributed by atoms with Crippen LogP contribution in [0.5, 0.6) is 0 Å². The van der Waals surface area contributed by atoms with Gasteiger partial charge in [-0.2, -0.15) is 0 Å². The lowest BCUT2D eigenvalue weighted by Crippen LogP contribution is -2.25. The molecule has 1 heterocycles. The van der Waals surface area contributed by atoms with Gasteiger partial charge in [-0.15, -0.1) is 11.8 Å². The van der Waals surface area contributed by atoms with Gasteiger partial charge in [-0.3, -0.25) is 9.59 Å². The van der Waals surface area contributed by atoms with Crippen LogP contribution < -0.4 is 10.6 Å². The average Bonchev–Trinajstić information content (AvgIpc) is 2.62. The number of fused-ring (bicyclic) bond motifs is 1. The Hall–Kier alpha value is -2.25. The molecule has 0 aromatic heterocycles. The molecule has 7 heteroatoms. The maximum absolute atomic E-state index is 14.5. The van der Waals surface area contributed by atoms with Crippen LogP contribution in [0.3, 0.4) is 0 Å². The first kappa shape index (κ1) is 18.5. The third kappa shape index (κ3) is 4.11. The summed E-state index contributed by atoms with van der Waals surface area (Å²) in [7, 11) is 0. The van der Waals surface area contributed by atoms with E-state index in [0.29, 0.717) is 30.0 Å². The van der Waals surface area contributed by atoms with Gasteiger partial charge in [0.15, 0.2) is 5.78 Å². The number of amides is 1. The monoisotopic (exact) mass is 376 g/mol. The second-order valence-corrected chi connectivity index (χ2v) is 7.08. The summed E-state index contributed by atoms with van der Waals surface area (Å²) in [6, 6.07) is 7.58. The number of hydrogen-bond acceptors (Lipinski definition) is 4. The highest BCUT2D eigenvalue weighted by atomic mass is 32.2. The fraction of sp³-hybridized carbons (Fsp3) is 0.263. The van der Waals surface area contributed by atoms with E-state index in [1.54, 1.807) is 12.1 Å². The molecular weight excluding hydrogens is 358 g/mol. The van der Waals surface area contributed by atoms with E-state index in [-0.39, 0.29) is 34.5 Å². The van der Waals surface area contributed by atoms with Gasteiger partial charge in [-0.25, -0.2) is 8.78 Å². The van der Waals surface area contributed by atoms with E-state index in [9.17, 15) is 18.4 Å². The van der Waals surface area contributed by atoms with Gasteiger partial charge < -0.3 is 10.6 Å². The molecule has 0 spiro atoms. The fourth-order valence-electron chi connectivity index (χ4n) is 2.84. The molecule has 0 unspecified atom stereocenters. The van der Waals surface area contributed by atoms with Crippen molar-refractivity contribution in [1.29, 1.82) is 0 Å². The number of nitrogens with one attached hydrogen (secondary N) is 2. The van der Waals surface area contributed by atoms with Gasteiger partial charge in [-0.1, -0.05) is 6.07 Å². The van der Waals surface area contributed by atoms with Gasteiger partial charge in [0.25, 0.3) is 0 Å². The lowest BCUT2D eigenvalue weighted by atomic mass is 9.99. The normalized spacial score (nSPS) is 13.2. The third-order valence-electron chi connectivity index (χ3n) is 4.17. The molecule has 136 valence electrons. The molecule has 1 amide bonds. The lowest BCUT2D eigenvalue weighted by Gasteiger charge is -2.19. The van der Waals surface area contributed by atoms with Crippen molar-refractivity contribution in [2.75, 3.05) is 17.6 Å². The fourth-order valence-corrected chi connectivity index (χ4v) is 3.56. The Morgan fingerprint density at radius 2 is 2.04 bits per heavy atom. The van der Waals surface area contributed by atoms with Crippen molar-refractivity contribution >= 4 is 29.1 Å². The Morgan fingerprint density at radius 3 is 2.77 bits per heavy atom. The minimum Gasteiger partial charge on any atom is -0.323 e. The van der Waals surface area contributed by atoms with Crippen LogP contribution in [0.15, 0.2) is 35.2 Å². The Kier molecular flexibility index (Phi) is 5.68. The number of ketones is 1. The number of Topliss-reactive ketones (excluding diaryl/α,β-unsaturated/α-hetero) is 1. The van der Waals surface area contributed by atoms with Crippen LogP contribution >= 0.6 is 11.8 Å². The number of thioether (sulfide) groups is 1. The van der Waals surface area contributed by atoms with Crippen molar-refractivity contribution < 1.29 is 18.4 Å². The van der Waals surface area contributed by atoms with E-state index in [2.05, 4.69) is 10.6 Å². The van der Waals surface area contributed by atoms with Gasteiger partial charge in [-0.05, 0) is 55.3 Å². The van der Waals surface area contributed by atoms with Crippen molar-refractivity contribution in [1.82, 2.24) is 5.32 Å². The summed E-state index contributed by atoms with van der Waals surface area (Å²) < 4.78 is 28.3. The summed E-state index contributed by atoms with van der Waals surface area (Å²) in [4.78, 5) is 23.9. The summed E-state index contributed by atoms with van der Waals surface area (Å²) in [5.74, 6) is -1.72. The summed E-state index contributed by atoms with van der Waals surface area (Å²) in [6.45, 7) is 2.62. The largest absolute Gasteiger partial charge is 0.323 e. The number of anilines is 1. The molecule has 0 aliphatic carbocycles. The molecule has 0 atom stereocenters. The molecule has 1 aliphatic heterocycles. The van der Waals surface area contributed by atoms with Crippen molar-refractivity contribution in [3.05, 3.63) is 58.7 Å². The molecule has 0 fully saturated rings. The van der Waals surface area contributed by atoms with E-state index in [1.165, 1.54) is 19.1 Å². The molecule has 4 nitrogen and oxygen atoms in total. The molecule has 2 N–H and O–H groups in total. The molecule has 2 aromatic rings. The van der Waals surface area contributed by atoms with Crippen LogP contribution in [0.25, 0.3) is 0 Å². The molecular formula is C19H18F2N2O2S. The van der Waals surface area contributed by atoms with Crippen molar-refractivity contribution in [3.63, 3.8) is 0 Å². The number of benzene rings is 2. The summed E-state index contributed by atoms with van der Waals surface area (Å²) >= 11 is 1.12. The first-order valence-electron chi connectivity index (χ1n) is 8.20. The van der Waals surface area contributed by atoms with E-state index in [4.69, 9.17) is 0 Å². The summed E-state index contributed by atoms with van der Waals surface area (Å²) in [5.41, 5.74) is 1.72. The zero-order valence-corrected chi connectivity index (χ0v) is 15.0. The molecule has 0 saturated heterocycles. The number of rotatable bonds is 5. The van der Waals surface area contributed by atoms with E-state index < -0.39 is 5.82 Å². The van der Waals surface area contributed by atoms with E-state index >= 15 is 0 Å². The van der Waals surface area contributed by atoms with Crippen LogP contribution in [-0.4, -0.2) is 24.0 Å². The molecule has 1 aliphatic rings. The number of hydrogen-bond donors (Lipinski definition) is 2. The second-order valence-electron chi connectivity index (χ2n) is 6.03. The quantitative estimate of drug-likeness (QED) is 0.619. The van der Waals surface area contributed by atoms with E-state index in [0.717, 1.165) is 17.3 Å². The van der Waals surface area contributed by atoms with Gasteiger partial charge in [0, 0.05) is 11.4 Å². The van der Waals surface area contributed by atoms with Crippen molar-refractivity contribution in [3.8, 4) is 0 Å². The standard InChI is InChI=1S/C19H18F2N2O2S/c1-11(24)14-4-3-13(8-16(14)20)26-10-18(25)23-17-5-2-12-9-22-7-6-15(12)19(17)21/h2-5,8,22H,6-7,9-10H2,1H3,(H,23,25). The minimum atomic E-state index is -0.614. The third-order valence-corrected chi connectivity index (χ3v) is 5.17. The highest BCUT2D eigenvalue weighted by Gasteiger charge is 2.17. The summed E-state index contributed by atoms with van der Waals surface area (Å²) in [6.07, 6.45) is 0.585. The smallest absolute Gasteiger partial charge is 0.234 e. The van der Waals surface area contributed by atoms with Gasteiger partial charge in [0.05, 0.1) is 17.0 Å². The molecule has 0 radical (unpaired) electrons. The van der Waals surface area contributed by atoms with Gasteiger partial charge in [0.2, 0.25) is 5.91 Å². The predicted molar refractivity (Wildman–Crippen MR) is 97.6 cm³/mol. The predicted octanol–water partition coefficient (Wildman–Crippen LogP) is 3.54. The molecule has 3 rings (SSSR count). The zero-order chi connectivity index (χ0) is 18.7. The van der Waals surface area contributed by atoms with Crippen molar-refractivity contribution in [2.24, 2.45) is 0 Å². The molecule has 2 aromatic carbocycles. The summed E-state index contributed by atoms with van der Waals surface area (Å²) in [5, 5.41) is 5.74. The topological polar surface area (TPSA) is 58.2 Å². The minimum absolute atomic E-state index is 0.0109. The van der Waals surface area contributed by atoms with Gasteiger partial charge in [0.1, 0.15) is 11.6 Å². The van der Waals surface area contributed by atoms with Gasteiger partial charge >= 0.3 is 0 Å².